The van der Waals surface area contributed by atoms with Crippen LogP contribution in [0, 0.1) is 5.92 Å². The Balaban J connectivity index is 0.728. The number of aryl methyl sites for hydroxylation is 1. The predicted molar refractivity (Wildman–Crippen MR) is 213 cm³/mol. The number of para-hydroxylation sites is 1. The summed E-state index contributed by atoms with van der Waals surface area (Å²) in [4.78, 5) is 69.4. The highest BCUT2D eigenvalue weighted by atomic mass is 16.3. The minimum absolute atomic E-state index is 0.0609. The Bertz CT molecular complexity index is 2520. The lowest BCUT2D eigenvalue weighted by Gasteiger charge is -2.53. The van der Waals surface area contributed by atoms with Crippen LogP contribution in [0.4, 0.5) is 11.5 Å². The third-order valence-corrected chi connectivity index (χ3v) is 13.0. The summed E-state index contributed by atoms with van der Waals surface area (Å²) < 4.78 is 3.06. The van der Waals surface area contributed by atoms with E-state index in [4.69, 9.17) is 15.7 Å². The molecule has 5 aromatic rings. The summed E-state index contributed by atoms with van der Waals surface area (Å²) in [5.41, 5.74) is 11.1. The van der Waals surface area contributed by atoms with Crippen LogP contribution in [-0.2, 0) is 23.1 Å². The summed E-state index contributed by atoms with van der Waals surface area (Å²) >= 11 is 0. The number of nitrogens with one attached hydrogen (secondary N) is 1. The van der Waals surface area contributed by atoms with Gasteiger partial charge in [-0.05, 0) is 55.2 Å². The standard InChI is InChI=1S/C41H44N12O5/c1-48-31-16-23(6-7-29(31)53(41(48)58)30-8-9-35(55)45-39(30)56)10-11-49-12-14-50(15-13-49)40(57)24-19-43-38(44-20-24)36-27-17-25-21-51(22-33(27)52(25)36)32-18-28(46-47-37(32)42)26-4-2-3-5-34(26)54/h2-7,16,18-20,25,27,30,33,36,54H,8-15,17,21-22H2,1H3,(H2,42,47)(H,45,55,56). The van der Waals surface area contributed by atoms with E-state index in [1.165, 1.54) is 4.57 Å². The van der Waals surface area contributed by atoms with Gasteiger partial charge in [0.15, 0.2) is 5.82 Å². The molecule has 6 atom stereocenters. The van der Waals surface area contributed by atoms with E-state index in [1.807, 2.05) is 41.3 Å². The second-order valence-electron chi connectivity index (χ2n) is 16.2. The summed E-state index contributed by atoms with van der Waals surface area (Å²) in [7, 11) is 1.70. The lowest BCUT2D eigenvalue weighted by molar-refractivity contribution is -0.135. The number of piperidine rings is 1. The number of nitrogens with zero attached hydrogens (tertiary/aromatic N) is 10. The normalized spacial score (nSPS) is 25.5. The Hall–Kier alpha value is -6.20. The van der Waals surface area contributed by atoms with Crippen molar-refractivity contribution in [3.05, 3.63) is 88.4 Å². The van der Waals surface area contributed by atoms with Crippen LogP contribution in [0.3, 0.4) is 0 Å². The molecule has 0 spiro atoms. The molecule has 17 nitrogen and oxygen atoms in total. The third-order valence-electron chi connectivity index (χ3n) is 13.0. The fourth-order valence-electron chi connectivity index (χ4n) is 9.96. The van der Waals surface area contributed by atoms with E-state index in [0.29, 0.717) is 65.7 Å². The molecule has 3 amide bonds. The number of anilines is 2. The number of piperazine rings is 2. The van der Waals surface area contributed by atoms with Gasteiger partial charge in [0.05, 0.1) is 34.0 Å². The van der Waals surface area contributed by atoms with E-state index in [2.05, 4.69) is 30.2 Å². The zero-order valence-corrected chi connectivity index (χ0v) is 32.1. The number of carbonyl (C=O) groups excluding carboxylic acids is 3. The van der Waals surface area contributed by atoms with Crippen LogP contribution in [0.15, 0.2) is 65.7 Å². The van der Waals surface area contributed by atoms with Gasteiger partial charge in [-0.1, -0.05) is 18.2 Å². The van der Waals surface area contributed by atoms with Crippen molar-refractivity contribution in [2.45, 2.75) is 49.9 Å². The second kappa shape index (κ2) is 14.0. The number of aromatic hydroxyl groups is 1. The third kappa shape index (κ3) is 5.98. The summed E-state index contributed by atoms with van der Waals surface area (Å²) in [6.45, 7) is 5.09. The first-order valence-corrected chi connectivity index (χ1v) is 19.9. The maximum atomic E-state index is 13.5. The van der Waals surface area contributed by atoms with Gasteiger partial charge >= 0.3 is 5.69 Å². The van der Waals surface area contributed by atoms with E-state index < -0.39 is 11.9 Å². The summed E-state index contributed by atoms with van der Waals surface area (Å²) in [6, 6.07) is 15.0. The van der Waals surface area contributed by atoms with Gasteiger partial charge < -0.3 is 20.6 Å². The van der Waals surface area contributed by atoms with Crippen LogP contribution in [0.2, 0.25) is 0 Å². The average molecular weight is 785 g/mol. The van der Waals surface area contributed by atoms with E-state index in [0.717, 1.165) is 68.2 Å². The Labute approximate surface area is 333 Å². The van der Waals surface area contributed by atoms with Gasteiger partial charge in [0.1, 0.15) is 17.6 Å². The van der Waals surface area contributed by atoms with Crippen molar-refractivity contribution in [1.82, 2.24) is 49.3 Å². The molecule has 6 fully saturated rings. The zero-order valence-electron chi connectivity index (χ0n) is 32.1. The monoisotopic (exact) mass is 784 g/mol. The number of nitrogen functional groups attached to an aromatic ring is 1. The Morgan fingerprint density at radius 2 is 1.76 bits per heavy atom. The maximum absolute atomic E-state index is 13.5. The molecular formula is C41H44N12O5. The van der Waals surface area contributed by atoms with Crippen molar-refractivity contribution in [3.63, 3.8) is 0 Å². The number of imide groups is 1. The van der Waals surface area contributed by atoms with E-state index >= 15 is 0 Å². The fraction of sp³-hybridized carbons (Fsp3) is 0.415. The molecule has 298 valence electrons. The molecule has 4 bridgehead atoms. The van der Waals surface area contributed by atoms with Crippen molar-refractivity contribution in [2.24, 2.45) is 13.0 Å². The molecule has 6 saturated heterocycles. The molecule has 11 rings (SSSR count). The molecule has 6 aliphatic heterocycles. The second-order valence-corrected chi connectivity index (χ2v) is 16.2. The molecule has 6 aliphatic rings. The fourth-order valence-corrected chi connectivity index (χ4v) is 9.96. The predicted octanol–water partition coefficient (Wildman–Crippen LogP) is 1.49. The van der Waals surface area contributed by atoms with Crippen molar-refractivity contribution in [2.75, 3.05) is 56.4 Å². The molecule has 6 unspecified atom stereocenters. The number of fused-ring (bicyclic) bond motifs is 1. The van der Waals surface area contributed by atoms with Gasteiger partial charge in [-0.2, -0.15) is 0 Å². The molecule has 9 heterocycles. The smallest absolute Gasteiger partial charge is 0.329 e. The number of carbonyl (C=O) groups is 3. The molecule has 2 aromatic carbocycles. The van der Waals surface area contributed by atoms with Crippen LogP contribution in [0.1, 0.15) is 53.1 Å². The SMILES string of the molecule is Cn1c(=O)n(C2CCC(=O)NC2=O)c2ccc(CCN3CCN(C(=O)c4cnc(C5C6CC7CN(c8cc(-c9ccccc9O)nnc8N)CC6N75)nc4)CC3)cc21. The van der Waals surface area contributed by atoms with E-state index in [1.54, 1.807) is 36.1 Å². The first kappa shape index (κ1) is 36.2. The maximum Gasteiger partial charge on any atom is 0.329 e. The lowest BCUT2D eigenvalue weighted by Crippen LogP contribution is -2.63. The van der Waals surface area contributed by atoms with Gasteiger partial charge in [-0.25, -0.2) is 14.8 Å². The van der Waals surface area contributed by atoms with Crippen LogP contribution in [0.5, 0.6) is 5.75 Å². The van der Waals surface area contributed by atoms with Gasteiger partial charge in [0.2, 0.25) is 11.8 Å². The molecule has 0 aliphatic carbocycles. The first-order valence-electron chi connectivity index (χ1n) is 19.9. The number of phenols is 1. The van der Waals surface area contributed by atoms with Crippen LogP contribution in [-0.4, -0.2) is 125 Å². The van der Waals surface area contributed by atoms with Crippen molar-refractivity contribution in [1.29, 1.82) is 0 Å². The number of imidazole rings is 1. The van der Waals surface area contributed by atoms with Crippen molar-refractivity contribution in [3.8, 4) is 17.0 Å². The number of hydrogen-bond acceptors (Lipinski definition) is 13. The molecule has 0 saturated carbocycles. The Morgan fingerprint density at radius 1 is 0.966 bits per heavy atom. The average Bonchev–Trinajstić information content (AvgIpc) is 3.82. The van der Waals surface area contributed by atoms with E-state index in [-0.39, 0.29) is 35.7 Å². The summed E-state index contributed by atoms with van der Waals surface area (Å²) in [5.74, 6) is 0.870. The van der Waals surface area contributed by atoms with Gasteiger partial charge in [-0.3, -0.25) is 38.6 Å². The van der Waals surface area contributed by atoms with Gasteiger partial charge in [-0.15, -0.1) is 10.2 Å². The number of aromatic nitrogens is 6. The molecular weight excluding hydrogens is 741 g/mol. The number of phenolic OH excluding ortho intramolecular Hbond substituents is 1. The quantitative estimate of drug-likeness (QED) is 0.191. The number of rotatable bonds is 8. The van der Waals surface area contributed by atoms with Gasteiger partial charge in [0.25, 0.3) is 5.91 Å². The van der Waals surface area contributed by atoms with Crippen molar-refractivity contribution >= 4 is 40.3 Å². The molecule has 3 aromatic heterocycles. The zero-order chi connectivity index (χ0) is 39.8. The minimum Gasteiger partial charge on any atom is -0.507 e. The van der Waals surface area contributed by atoms with Crippen molar-refractivity contribution < 1.29 is 19.5 Å². The number of hydrogen-bond donors (Lipinski definition) is 3. The highest BCUT2D eigenvalue weighted by Crippen LogP contribution is 2.57. The Morgan fingerprint density at radius 3 is 2.52 bits per heavy atom. The van der Waals surface area contributed by atoms with E-state index in [9.17, 15) is 24.3 Å². The summed E-state index contributed by atoms with van der Waals surface area (Å²) in [5, 5.41) is 21.2. The molecule has 4 N–H and O–H groups in total. The topological polar surface area (TPSA) is 201 Å². The molecule has 0 radical (unpaired) electrons. The van der Waals surface area contributed by atoms with Crippen LogP contribution in [0.25, 0.3) is 22.3 Å². The highest BCUT2D eigenvalue weighted by Gasteiger charge is 2.62. The number of nitrogens with two attached hydrogens (primary N) is 1. The minimum atomic E-state index is -0.710. The van der Waals surface area contributed by atoms with Crippen LogP contribution >= 0.6 is 0 Å². The first-order chi connectivity index (χ1) is 28.1. The summed E-state index contributed by atoms with van der Waals surface area (Å²) in [6.07, 6.45) is 5.67. The number of amides is 3. The van der Waals surface area contributed by atoms with Gasteiger partial charge in [0, 0.05) is 95.2 Å². The molecule has 17 heteroatoms. The molecule has 58 heavy (non-hydrogen) atoms. The Kier molecular flexibility index (Phi) is 8.74. The number of benzene rings is 2. The lowest BCUT2D eigenvalue weighted by atomic mass is 9.83. The highest BCUT2D eigenvalue weighted by molar-refractivity contribution is 6.00. The largest absolute Gasteiger partial charge is 0.507 e. The van der Waals surface area contributed by atoms with Crippen LogP contribution < -0.4 is 21.6 Å².